The molecule has 0 spiro atoms. The Kier molecular flexibility index (Phi) is 19.1. The van der Waals surface area contributed by atoms with Crippen molar-refractivity contribution >= 4 is 17.9 Å². The van der Waals surface area contributed by atoms with E-state index in [9.17, 15) is 14.4 Å². The number of esters is 3. The summed E-state index contributed by atoms with van der Waals surface area (Å²) in [6, 6.07) is 6.45. The van der Waals surface area contributed by atoms with Crippen LogP contribution < -0.4 is 9.47 Å². The predicted octanol–water partition coefficient (Wildman–Crippen LogP) is 3.33. The molecule has 24 heavy (non-hydrogen) atoms. The van der Waals surface area contributed by atoms with E-state index >= 15 is 0 Å². The minimum atomic E-state index is -0.320. The van der Waals surface area contributed by atoms with E-state index in [4.69, 9.17) is 9.47 Å². The van der Waals surface area contributed by atoms with Crippen molar-refractivity contribution in [3.05, 3.63) is 31.7 Å². The third-order valence-corrected chi connectivity index (χ3v) is 2.36. The van der Waals surface area contributed by atoms with E-state index in [-0.39, 0.29) is 58.0 Å². The van der Waals surface area contributed by atoms with E-state index < -0.39 is 0 Å². The van der Waals surface area contributed by atoms with Crippen LogP contribution in [0, 0.1) is 7.43 Å². The van der Waals surface area contributed by atoms with Crippen molar-refractivity contribution in [2.24, 2.45) is 0 Å². The predicted molar refractivity (Wildman–Crippen MR) is 87.0 cm³/mol. The molecule has 1 rings (SSSR count). The van der Waals surface area contributed by atoms with Crippen LogP contribution in [0.15, 0.2) is 24.3 Å². The number of ether oxygens (including phenoxy) is 3. The zero-order chi connectivity index (χ0) is 17.0. The van der Waals surface area contributed by atoms with Gasteiger partial charge in [0.25, 0.3) is 0 Å². The molecule has 0 aromatic heterocycles. The Balaban J connectivity index is -0.000000478. The molecule has 133 valence electrons. The topological polar surface area (TPSA) is 78.9 Å². The van der Waals surface area contributed by atoms with Crippen molar-refractivity contribution in [1.82, 2.24) is 0 Å². The number of hydrogen-bond acceptors (Lipinski definition) is 6. The molecule has 0 fully saturated rings. The summed E-state index contributed by atoms with van der Waals surface area (Å²) in [5.74, 6) is -0.0329. The summed E-state index contributed by atoms with van der Waals surface area (Å²) in [6.45, 7) is 5.18. The first kappa shape index (κ1) is 27.6. The Labute approximate surface area is 169 Å². The Morgan fingerprint density at radius 1 is 0.833 bits per heavy atom. The molecule has 0 saturated heterocycles. The first-order valence-corrected chi connectivity index (χ1v) is 7.04. The quantitative estimate of drug-likeness (QED) is 0.418. The van der Waals surface area contributed by atoms with E-state index in [0.29, 0.717) is 30.8 Å². The van der Waals surface area contributed by atoms with Crippen LogP contribution in [0.4, 0.5) is 0 Å². The largest absolute Gasteiger partial charge is 0.469 e. The van der Waals surface area contributed by atoms with Gasteiger partial charge in [0.1, 0.15) is 11.5 Å². The van der Waals surface area contributed by atoms with E-state index in [2.05, 4.69) is 4.74 Å². The first-order valence-electron chi connectivity index (χ1n) is 7.04. The van der Waals surface area contributed by atoms with Crippen molar-refractivity contribution in [3.63, 3.8) is 0 Å². The Morgan fingerprint density at radius 3 is 1.46 bits per heavy atom. The molecule has 0 bridgehead atoms. The van der Waals surface area contributed by atoms with Crippen LogP contribution in [0.3, 0.4) is 0 Å². The molecular weight excluding hydrogens is 389 g/mol. The van der Waals surface area contributed by atoms with Crippen LogP contribution >= 0.6 is 0 Å². The molecule has 1 aromatic carbocycles. The van der Waals surface area contributed by atoms with Crippen LogP contribution in [-0.2, 0) is 51.8 Å². The molecule has 0 aliphatic carbocycles. The summed E-state index contributed by atoms with van der Waals surface area (Å²) >= 11 is 0. The van der Waals surface area contributed by atoms with Gasteiger partial charge in [-0.2, -0.15) is 0 Å². The summed E-state index contributed by atoms with van der Waals surface area (Å²) in [5, 5.41) is 0. The summed E-state index contributed by atoms with van der Waals surface area (Å²) in [5.41, 5.74) is 0. The third kappa shape index (κ3) is 13.2. The van der Waals surface area contributed by atoms with Crippen molar-refractivity contribution < 1.29 is 61.3 Å². The average molecular weight is 414 g/mol. The van der Waals surface area contributed by atoms with E-state index in [1.165, 1.54) is 13.2 Å². The number of hydrogen-bond donors (Lipinski definition) is 0. The Hall–Kier alpha value is -1.27. The number of benzene rings is 1. The summed E-state index contributed by atoms with van der Waals surface area (Å²) in [7, 11) is 1.38. The van der Waals surface area contributed by atoms with Gasteiger partial charge in [0.2, 0.25) is 0 Å². The molecule has 0 saturated carbocycles. The Morgan fingerprint density at radius 2 is 1.21 bits per heavy atom. The zero-order valence-corrected chi connectivity index (χ0v) is 17.8. The molecule has 0 aliphatic heterocycles. The van der Waals surface area contributed by atoms with Crippen LogP contribution in [-0.4, -0.2) is 25.0 Å². The fourth-order valence-corrected chi connectivity index (χ4v) is 1.15. The molecule has 0 aliphatic rings. The number of rotatable bonds is 5. The van der Waals surface area contributed by atoms with Gasteiger partial charge in [-0.15, -0.1) is 0 Å². The molecule has 0 amide bonds. The molecule has 1 radical (unpaired) electrons. The minimum Gasteiger partial charge on any atom is -0.469 e. The monoisotopic (exact) mass is 414 g/mol. The van der Waals surface area contributed by atoms with Crippen molar-refractivity contribution in [2.45, 2.75) is 40.0 Å². The van der Waals surface area contributed by atoms with Crippen molar-refractivity contribution in [2.75, 3.05) is 7.11 Å². The van der Waals surface area contributed by atoms with Gasteiger partial charge in [0.15, 0.2) is 0 Å². The van der Waals surface area contributed by atoms with Gasteiger partial charge in [0, 0.05) is 58.0 Å². The van der Waals surface area contributed by atoms with Crippen molar-refractivity contribution in [1.29, 1.82) is 0 Å². The van der Waals surface area contributed by atoms with Gasteiger partial charge < -0.3 is 21.6 Å². The molecule has 7 heteroatoms. The second kappa shape index (κ2) is 16.6. The fraction of sp³-hybridized carbons (Fsp3) is 0.412. The molecule has 0 heterocycles. The minimum absolute atomic E-state index is 0. The number of carbonyl (C=O) groups is 3. The SMILES string of the molecule is CCC(=O)OC.CCC(=O)Oc1cccc(OC(=O)CC)c1.[CH3-].[Y]. The van der Waals surface area contributed by atoms with Gasteiger partial charge in [-0.05, 0) is 12.1 Å². The summed E-state index contributed by atoms with van der Waals surface area (Å²) < 4.78 is 14.2. The number of carbonyl (C=O) groups excluding carboxylic acids is 3. The second-order valence-electron chi connectivity index (χ2n) is 4.06. The molecule has 0 atom stereocenters. The standard InChI is InChI=1S/C12H14O4.C4H8O2.CH3.Y/c1-3-11(13)15-9-6-5-7-10(8-9)16-12(14)4-2;1-3-4(5)6-2;;/h5-8H,3-4H2,1-2H3;3H2,1-2H3;1H3;/q;;-1;. The van der Waals surface area contributed by atoms with Gasteiger partial charge in [-0.25, -0.2) is 0 Å². The second-order valence-corrected chi connectivity index (χ2v) is 4.06. The molecule has 1 aromatic rings. The van der Waals surface area contributed by atoms with Crippen molar-refractivity contribution in [3.8, 4) is 11.5 Å². The fourth-order valence-electron chi connectivity index (χ4n) is 1.15. The van der Waals surface area contributed by atoms with Gasteiger partial charge in [-0.1, -0.05) is 26.8 Å². The summed E-state index contributed by atoms with van der Waals surface area (Å²) in [4.78, 5) is 32.0. The van der Waals surface area contributed by atoms with Crippen LogP contribution in [0.2, 0.25) is 0 Å². The third-order valence-electron chi connectivity index (χ3n) is 2.36. The maximum absolute atomic E-state index is 11.0. The van der Waals surface area contributed by atoms with Gasteiger partial charge in [-0.3, -0.25) is 14.4 Å². The van der Waals surface area contributed by atoms with E-state index in [1.807, 2.05) is 0 Å². The number of methoxy groups -OCH3 is 1. The molecule has 6 nitrogen and oxygen atoms in total. The normalized spacial score (nSPS) is 8.33. The maximum atomic E-state index is 11.0. The first-order chi connectivity index (χ1) is 10.5. The van der Waals surface area contributed by atoms with Crippen LogP contribution in [0.5, 0.6) is 11.5 Å². The van der Waals surface area contributed by atoms with Gasteiger partial charge in [0.05, 0.1) is 7.11 Å². The zero-order valence-electron chi connectivity index (χ0n) is 15.0. The van der Waals surface area contributed by atoms with Crippen LogP contribution in [0.1, 0.15) is 40.0 Å². The Bertz CT molecular complexity index is 462. The molecule has 0 unspecified atom stereocenters. The summed E-state index contributed by atoms with van der Waals surface area (Å²) in [6.07, 6.45) is 1.08. The van der Waals surface area contributed by atoms with E-state index in [1.54, 1.807) is 39.0 Å². The maximum Gasteiger partial charge on any atom is 0.310 e. The smallest absolute Gasteiger partial charge is 0.310 e. The van der Waals surface area contributed by atoms with Crippen LogP contribution in [0.25, 0.3) is 0 Å². The average Bonchev–Trinajstić information content (AvgIpc) is 2.54. The molecular formula is C17H25O6Y-. The van der Waals surface area contributed by atoms with Gasteiger partial charge >= 0.3 is 17.9 Å². The van der Waals surface area contributed by atoms with E-state index in [0.717, 1.165) is 0 Å². The molecule has 0 N–H and O–H groups in total.